The van der Waals surface area contributed by atoms with Crippen LogP contribution in [0.15, 0.2) is 12.1 Å². The third-order valence-corrected chi connectivity index (χ3v) is 3.11. The lowest BCUT2D eigenvalue weighted by Crippen LogP contribution is -2.34. The van der Waals surface area contributed by atoms with Gasteiger partial charge in [-0.15, -0.1) is 0 Å². The molecule has 4 nitrogen and oxygen atoms in total. The zero-order valence-electron chi connectivity index (χ0n) is 7.82. The summed E-state index contributed by atoms with van der Waals surface area (Å²) in [5.74, 6) is -1.08. The second-order valence-electron chi connectivity index (χ2n) is 3.05. The SMILES string of the molecule is NC(=O)C(O)C(O)c1c(Cl)ccc(Cl)c1Cl. The van der Waals surface area contributed by atoms with E-state index in [0.29, 0.717) is 0 Å². The van der Waals surface area contributed by atoms with E-state index in [9.17, 15) is 15.0 Å². The number of amides is 1. The number of rotatable bonds is 3. The molecular weight excluding hydrogens is 276 g/mol. The summed E-state index contributed by atoms with van der Waals surface area (Å²) in [7, 11) is 0. The molecule has 0 aliphatic carbocycles. The van der Waals surface area contributed by atoms with Crippen LogP contribution in [0.1, 0.15) is 11.7 Å². The first-order chi connectivity index (χ1) is 7.36. The summed E-state index contributed by atoms with van der Waals surface area (Å²) in [6, 6.07) is 2.82. The van der Waals surface area contributed by atoms with Gasteiger partial charge in [0.2, 0.25) is 5.91 Å². The molecule has 1 aromatic carbocycles. The molecule has 0 aromatic heterocycles. The fraction of sp³-hybridized carbons (Fsp3) is 0.222. The predicted octanol–water partition coefficient (Wildman–Crippen LogP) is 1.53. The Morgan fingerprint density at radius 3 is 2.19 bits per heavy atom. The monoisotopic (exact) mass is 283 g/mol. The maximum Gasteiger partial charge on any atom is 0.249 e. The van der Waals surface area contributed by atoms with Crippen molar-refractivity contribution in [2.75, 3.05) is 0 Å². The minimum absolute atomic E-state index is 0.0258. The summed E-state index contributed by atoms with van der Waals surface area (Å²) in [5.41, 5.74) is 4.82. The van der Waals surface area contributed by atoms with Crippen molar-refractivity contribution in [1.82, 2.24) is 0 Å². The summed E-state index contributed by atoms with van der Waals surface area (Å²) in [5, 5.41) is 19.2. The van der Waals surface area contributed by atoms with Crippen LogP contribution in [0, 0.1) is 0 Å². The van der Waals surface area contributed by atoms with Crippen LogP contribution in [-0.2, 0) is 4.79 Å². The minimum atomic E-state index is -1.80. The van der Waals surface area contributed by atoms with Crippen molar-refractivity contribution in [3.63, 3.8) is 0 Å². The van der Waals surface area contributed by atoms with E-state index < -0.39 is 18.1 Å². The number of benzene rings is 1. The second kappa shape index (κ2) is 5.21. The van der Waals surface area contributed by atoms with Gasteiger partial charge in [0.25, 0.3) is 0 Å². The molecule has 0 aliphatic rings. The quantitative estimate of drug-likeness (QED) is 0.736. The maximum absolute atomic E-state index is 10.7. The number of hydrogen-bond acceptors (Lipinski definition) is 3. The zero-order valence-corrected chi connectivity index (χ0v) is 10.1. The van der Waals surface area contributed by atoms with Crippen molar-refractivity contribution in [2.45, 2.75) is 12.2 Å². The summed E-state index contributed by atoms with van der Waals surface area (Å²) in [6.45, 7) is 0. The molecule has 2 atom stereocenters. The van der Waals surface area contributed by atoms with Crippen LogP contribution >= 0.6 is 34.8 Å². The van der Waals surface area contributed by atoms with E-state index in [1.165, 1.54) is 12.1 Å². The zero-order chi connectivity index (χ0) is 12.5. The topological polar surface area (TPSA) is 83.6 Å². The molecule has 0 saturated heterocycles. The van der Waals surface area contributed by atoms with E-state index in [4.69, 9.17) is 40.5 Å². The largest absolute Gasteiger partial charge is 0.385 e. The summed E-state index contributed by atoms with van der Waals surface area (Å²) in [6.07, 6.45) is -3.41. The molecule has 1 amide bonds. The van der Waals surface area contributed by atoms with Crippen molar-refractivity contribution in [1.29, 1.82) is 0 Å². The molecule has 0 bridgehead atoms. The Morgan fingerprint density at radius 2 is 1.69 bits per heavy atom. The maximum atomic E-state index is 10.7. The molecule has 0 spiro atoms. The van der Waals surface area contributed by atoms with Gasteiger partial charge in [0.15, 0.2) is 6.10 Å². The average molecular weight is 285 g/mol. The van der Waals surface area contributed by atoms with Crippen molar-refractivity contribution in [2.24, 2.45) is 5.73 Å². The van der Waals surface area contributed by atoms with Crippen LogP contribution < -0.4 is 5.73 Å². The van der Waals surface area contributed by atoms with Gasteiger partial charge in [0.05, 0.1) is 10.0 Å². The molecule has 88 valence electrons. The molecule has 2 unspecified atom stereocenters. The van der Waals surface area contributed by atoms with E-state index in [-0.39, 0.29) is 20.6 Å². The van der Waals surface area contributed by atoms with Crippen molar-refractivity contribution >= 4 is 40.7 Å². The van der Waals surface area contributed by atoms with Gasteiger partial charge >= 0.3 is 0 Å². The smallest absolute Gasteiger partial charge is 0.249 e. The van der Waals surface area contributed by atoms with Crippen LogP contribution in [0.4, 0.5) is 0 Å². The molecule has 0 aliphatic heterocycles. The van der Waals surface area contributed by atoms with E-state index >= 15 is 0 Å². The normalized spacial score (nSPS) is 14.6. The average Bonchev–Trinajstić information content (AvgIpc) is 2.22. The van der Waals surface area contributed by atoms with Gasteiger partial charge in [-0.25, -0.2) is 0 Å². The van der Waals surface area contributed by atoms with Crippen molar-refractivity contribution in [3.05, 3.63) is 32.8 Å². The Bertz CT molecular complexity index is 425. The fourth-order valence-corrected chi connectivity index (χ4v) is 1.89. The lowest BCUT2D eigenvalue weighted by molar-refractivity contribution is -0.131. The minimum Gasteiger partial charge on any atom is -0.385 e. The Kier molecular flexibility index (Phi) is 4.41. The Morgan fingerprint density at radius 1 is 1.19 bits per heavy atom. The fourth-order valence-electron chi connectivity index (χ4n) is 1.13. The summed E-state index contributed by atoms with van der Waals surface area (Å²) in [4.78, 5) is 10.7. The number of carbonyl (C=O) groups is 1. The highest BCUT2D eigenvalue weighted by atomic mass is 35.5. The van der Waals surface area contributed by atoms with Crippen molar-refractivity contribution in [3.8, 4) is 0 Å². The number of primary amides is 1. The van der Waals surface area contributed by atoms with Crippen LogP contribution in [0.5, 0.6) is 0 Å². The van der Waals surface area contributed by atoms with E-state index in [1.807, 2.05) is 0 Å². The van der Waals surface area contributed by atoms with Gasteiger partial charge in [-0.1, -0.05) is 34.8 Å². The Labute approximate surface area is 107 Å². The highest BCUT2D eigenvalue weighted by molar-refractivity contribution is 6.44. The number of aliphatic hydroxyl groups excluding tert-OH is 2. The third kappa shape index (κ3) is 2.59. The first kappa shape index (κ1) is 13.5. The number of hydrogen-bond donors (Lipinski definition) is 3. The molecule has 16 heavy (non-hydrogen) atoms. The molecule has 1 aromatic rings. The molecular formula is C9H8Cl3NO3. The van der Waals surface area contributed by atoms with Gasteiger partial charge in [0, 0.05) is 10.6 Å². The molecule has 0 saturated carbocycles. The highest BCUT2D eigenvalue weighted by Gasteiger charge is 2.28. The van der Waals surface area contributed by atoms with Crippen LogP contribution in [0.25, 0.3) is 0 Å². The Hall–Kier alpha value is -0.520. The number of carbonyl (C=O) groups excluding carboxylic acids is 1. The molecule has 4 N–H and O–H groups in total. The molecule has 0 radical (unpaired) electrons. The summed E-state index contributed by atoms with van der Waals surface area (Å²) < 4.78 is 0. The van der Waals surface area contributed by atoms with Gasteiger partial charge in [-0.2, -0.15) is 0 Å². The number of aliphatic hydroxyl groups is 2. The van der Waals surface area contributed by atoms with Crippen LogP contribution in [0.3, 0.4) is 0 Å². The highest BCUT2D eigenvalue weighted by Crippen LogP contribution is 2.36. The lowest BCUT2D eigenvalue weighted by atomic mass is 10.0. The standard InChI is InChI=1S/C9H8Cl3NO3/c10-3-1-2-4(11)6(12)5(3)7(14)8(15)9(13)16/h1-2,7-8,14-15H,(H2,13,16). The van der Waals surface area contributed by atoms with E-state index in [0.717, 1.165) is 0 Å². The first-order valence-corrected chi connectivity index (χ1v) is 5.28. The molecule has 7 heteroatoms. The summed E-state index contributed by atoms with van der Waals surface area (Å²) >= 11 is 17.3. The van der Waals surface area contributed by atoms with Crippen LogP contribution in [0.2, 0.25) is 15.1 Å². The molecule has 0 heterocycles. The van der Waals surface area contributed by atoms with Gasteiger partial charge in [-0.05, 0) is 12.1 Å². The van der Waals surface area contributed by atoms with Gasteiger partial charge < -0.3 is 15.9 Å². The Balaban J connectivity index is 3.22. The van der Waals surface area contributed by atoms with Crippen molar-refractivity contribution < 1.29 is 15.0 Å². The second-order valence-corrected chi connectivity index (χ2v) is 4.24. The van der Waals surface area contributed by atoms with E-state index in [1.54, 1.807) is 0 Å². The molecule has 1 rings (SSSR count). The lowest BCUT2D eigenvalue weighted by Gasteiger charge is -2.18. The number of nitrogens with two attached hydrogens (primary N) is 1. The first-order valence-electron chi connectivity index (χ1n) is 4.15. The number of halogens is 3. The van der Waals surface area contributed by atoms with Gasteiger partial charge in [-0.3, -0.25) is 4.79 Å². The molecule has 0 fully saturated rings. The third-order valence-electron chi connectivity index (χ3n) is 1.97. The predicted molar refractivity (Wildman–Crippen MR) is 61.6 cm³/mol. The van der Waals surface area contributed by atoms with Crippen LogP contribution in [-0.4, -0.2) is 22.2 Å². The van der Waals surface area contributed by atoms with Gasteiger partial charge in [0.1, 0.15) is 6.10 Å². The van der Waals surface area contributed by atoms with E-state index in [2.05, 4.69) is 0 Å².